The number of hydrogen-bond donors (Lipinski definition) is 6. The van der Waals surface area contributed by atoms with E-state index in [2.05, 4.69) is 58.8 Å². The van der Waals surface area contributed by atoms with E-state index in [-0.39, 0.29) is 23.5 Å². The van der Waals surface area contributed by atoms with Crippen molar-refractivity contribution in [1.82, 2.24) is 20.6 Å². The van der Waals surface area contributed by atoms with Gasteiger partial charge in [-0.2, -0.15) is 0 Å². The normalized spacial score (nSPS) is 9.79. The second-order valence-corrected chi connectivity index (χ2v) is 9.95. The Bertz CT molecular complexity index is 1270. The summed E-state index contributed by atoms with van der Waals surface area (Å²) in [6.07, 6.45) is 3.62. The van der Waals surface area contributed by atoms with Crippen molar-refractivity contribution in [2.24, 2.45) is 22.5 Å². The Morgan fingerprint density at radius 1 is 1.00 bits per heavy atom. The number of benzene rings is 2. The highest BCUT2D eigenvalue weighted by Gasteiger charge is 2.11. The van der Waals surface area contributed by atoms with Crippen LogP contribution in [-0.2, 0) is 11.2 Å². The second kappa shape index (κ2) is 30.2. The van der Waals surface area contributed by atoms with Crippen molar-refractivity contribution in [1.29, 1.82) is 10.9 Å². The molecule has 260 valence electrons. The van der Waals surface area contributed by atoms with E-state index < -0.39 is 0 Å². The molecule has 1 aromatic heterocycles. The molecule has 0 radical (unpaired) electrons. The summed E-state index contributed by atoms with van der Waals surface area (Å²) in [5.41, 5.74) is 20.7. The van der Waals surface area contributed by atoms with Gasteiger partial charge in [-0.1, -0.05) is 77.1 Å². The minimum absolute atomic E-state index is 0.0515. The Labute approximate surface area is 280 Å². The van der Waals surface area contributed by atoms with Gasteiger partial charge in [0.15, 0.2) is 11.6 Å². The molecule has 1 heterocycles. The highest BCUT2D eigenvalue weighted by atomic mass is 19.1. The molecule has 0 aliphatic heterocycles. The number of aromatic nitrogens is 2. The number of nitrogens with two attached hydrogens (primary N) is 2. The first-order chi connectivity index (χ1) is 22.4. The van der Waals surface area contributed by atoms with Crippen LogP contribution in [0.1, 0.15) is 86.9 Å². The van der Waals surface area contributed by atoms with Gasteiger partial charge in [-0.15, -0.1) is 5.11 Å². The molecule has 3 aromatic rings. The maximum atomic E-state index is 12.2. The predicted molar refractivity (Wildman–Crippen MR) is 192 cm³/mol. The number of amidine groups is 1. The topological polar surface area (TPSA) is 196 Å². The van der Waals surface area contributed by atoms with Crippen LogP contribution in [0.2, 0.25) is 0 Å². The minimum Gasteiger partial charge on any atom is -0.377 e. The van der Waals surface area contributed by atoms with Gasteiger partial charge in [0.25, 0.3) is 0 Å². The summed E-state index contributed by atoms with van der Waals surface area (Å²) < 4.78 is 12.2. The summed E-state index contributed by atoms with van der Waals surface area (Å²) in [6.45, 7) is 19.7. The highest BCUT2D eigenvalue weighted by Crippen LogP contribution is 2.18. The van der Waals surface area contributed by atoms with E-state index in [0.717, 1.165) is 31.0 Å². The number of rotatable bonds is 10. The van der Waals surface area contributed by atoms with E-state index in [1.165, 1.54) is 44.4 Å². The van der Waals surface area contributed by atoms with Crippen LogP contribution < -0.4 is 22.1 Å². The number of likely N-dealkylation sites (N-methyl/N-ethyl adjacent to an activating group) is 1. The third-order valence-corrected chi connectivity index (χ3v) is 6.06. The van der Waals surface area contributed by atoms with Gasteiger partial charge in [0.05, 0.1) is 11.4 Å². The number of ketones is 1. The third kappa shape index (κ3) is 22.6. The molecule has 47 heavy (non-hydrogen) atoms. The molecule has 11 nitrogen and oxygen atoms in total. The lowest BCUT2D eigenvalue weighted by atomic mass is 10.1. The van der Waals surface area contributed by atoms with Gasteiger partial charge in [-0.05, 0) is 62.7 Å². The van der Waals surface area contributed by atoms with Crippen molar-refractivity contribution in [3.05, 3.63) is 101 Å². The second-order valence-electron chi connectivity index (χ2n) is 9.95. The number of nitrogens with zero attached hydrogens (tertiary/aromatic N) is 3. The molecule has 0 bridgehead atoms. The third-order valence-electron chi connectivity index (χ3n) is 6.06. The van der Waals surface area contributed by atoms with Crippen molar-refractivity contribution < 1.29 is 14.0 Å². The smallest absolute Gasteiger partial charge is 0.178 e. The number of carbonyl (C=O) groups is 2. The maximum absolute atomic E-state index is 12.2. The largest absolute Gasteiger partial charge is 0.377 e. The average Bonchev–Trinajstić information content (AvgIpc) is 3.11. The molecule has 0 saturated heterocycles. The van der Waals surface area contributed by atoms with Gasteiger partial charge in [0, 0.05) is 31.6 Å². The molecule has 0 aliphatic rings. The first-order valence-electron chi connectivity index (χ1n) is 15.2. The van der Waals surface area contributed by atoms with Gasteiger partial charge in [0.2, 0.25) is 0 Å². The summed E-state index contributed by atoms with van der Waals surface area (Å²) in [5.74, 6) is 0.517. The maximum Gasteiger partial charge on any atom is 0.178 e. The molecule has 2 aromatic carbocycles. The fourth-order valence-corrected chi connectivity index (χ4v) is 2.99. The lowest BCUT2D eigenvalue weighted by molar-refractivity contribution is -0.0980. The average molecular weight is 654 g/mol. The van der Waals surface area contributed by atoms with E-state index in [9.17, 15) is 9.18 Å². The van der Waals surface area contributed by atoms with Crippen LogP contribution in [0.4, 0.5) is 4.39 Å². The quantitative estimate of drug-likeness (QED) is 0.0629. The molecule has 0 saturated carbocycles. The number of nitrogens with one attached hydrogen (secondary N) is 4. The van der Waals surface area contributed by atoms with Crippen LogP contribution in [-0.4, -0.2) is 55.6 Å². The van der Waals surface area contributed by atoms with Crippen LogP contribution in [0.15, 0.2) is 72.6 Å². The van der Waals surface area contributed by atoms with Gasteiger partial charge in [0.1, 0.15) is 24.6 Å². The van der Waals surface area contributed by atoms with Crippen LogP contribution in [0.3, 0.4) is 0 Å². The zero-order valence-electron chi connectivity index (χ0n) is 29.4. The molecule has 12 heteroatoms. The highest BCUT2D eigenvalue weighted by molar-refractivity contribution is 5.96. The molecule has 3 rings (SSSR count). The summed E-state index contributed by atoms with van der Waals surface area (Å²) >= 11 is 0. The molecule has 0 fully saturated rings. The van der Waals surface area contributed by atoms with Crippen molar-refractivity contribution in [2.45, 2.75) is 60.4 Å². The van der Waals surface area contributed by atoms with E-state index in [0.29, 0.717) is 22.6 Å². The lowest BCUT2D eigenvalue weighted by Crippen LogP contribution is -2.17. The van der Waals surface area contributed by atoms with Crippen molar-refractivity contribution in [3.63, 3.8) is 0 Å². The molecule has 1 unspecified atom stereocenters. The molecule has 8 N–H and O–H groups in total. The van der Waals surface area contributed by atoms with Crippen molar-refractivity contribution in [2.75, 3.05) is 27.2 Å². The van der Waals surface area contributed by atoms with Crippen LogP contribution in [0.25, 0.3) is 5.70 Å². The van der Waals surface area contributed by atoms with Gasteiger partial charge < -0.3 is 26.9 Å². The van der Waals surface area contributed by atoms with Crippen LogP contribution in [0, 0.1) is 22.7 Å². The molecule has 1 atom stereocenters. The van der Waals surface area contributed by atoms with Crippen molar-refractivity contribution in [3.8, 4) is 0 Å². The zero-order valence-corrected chi connectivity index (χ0v) is 29.4. The number of carbonyl (C=O) groups excluding carboxylic acids is 2. The SMILES string of the molecule is C=C(NC(C)c1ccc(C(=N)N=N)cc1)c1cc(C(C)=O)ncn1.C=O.CCC(C)C.CCc1ccc(F)cc1.CN.CNCCN. The molecular formula is C35H56FN9O2. The summed E-state index contributed by atoms with van der Waals surface area (Å²) in [6, 6.07) is 15.3. The van der Waals surface area contributed by atoms with Gasteiger partial charge in [-0.3, -0.25) is 10.2 Å². The molecular weight excluding hydrogens is 597 g/mol. The summed E-state index contributed by atoms with van der Waals surface area (Å²) in [4.78, 5) is 27.4. The Morgan fingerprint density at radius 3 is 1.89 bits per heavy atom. The number of halogens is 1. The summed E-state index contributed by atoms with van der Waals surface area (Å²) in [5, 5.41) is 16.7. The molecule has 0 aliphatic carbocycles. The fraction of sp³-hybridized carbons (Fsp3) is 0.400. The summed E-state index contributed by atoms with van der Waals surface area (Å²) in [7, 11) is 3.38. The Kier molecular flexibility index (Phi) is 30.1. The van der Waals surface area contributed by atoms with Crippen LogP contribution >= 0.6 is 0 Å². The van der Waals surface area contributed by atoms with E-state index in [4.69, 9.17) is 21.5 Å². The Hall–Kier alpha value is -4.52. The van der Waals surface area contributed by atoms with E-state index >= 15 is 0 Å². The zero-order chi connectivity index (χ0) is 36.8. The first-order valence-corrected chi connectivity index (χ1v) is 15.2. The Balaban J connectivity index is -0.000000686. The predicted octanol–water partition coefficient (Wildman–Crippen LogP) is 6.35. The number of aryl methyl sites for hydroxylation is 1. The fourth-order valence-electron chi connectivity index (χ4n) is 2.99. The molecule has 0 amide bonds. The van der Waals surface area contributed by atoms with Crippen LogP contribution in [0.5, 0.6) is 0 Å². The standard InChI is InChI=1S/C17H18N6O.C8H9F.C5H12.C3H10N2.CH5N.CH2O/c1-10(13-4-6-14(7-5-13)17(18)23-19)22-11(2)15-8-16(12(3)24)21-9-20-15;1-2-7-3-5-8(9)6-4-7;1-4-5(2)3;1-5-3-2-4;2*1-2/h4-10,18-19,22H,2H2,1,3H3;3-6H,2H2,1H3;5H,4H2,1-3H3;5H,2-4H2,1H3;2H2,1H3;1H2. The van der Waals surface area contributed by atoms with E-state index in [1.54, 1.807) is 30.3 Å². The van der Waals surface area contributed by atoms with Gasteiger partial charge >= 0.3 is 0 Å². The Morgan fingerprint density at radius 2 is 1.51 bits per heavy atom. The van der Waals surface area contributed by atoms with Gasteiger partial charge in [-0.25, -0.2) is 19.9 Å². The van der Waals surface area contributed by atoms with Crippen molar-refractivity contribution >= 4 is 24.1 Å². The first kappa shape index (κ1) is 46.9. The minimum atomic E-state index is -0.160. The lowest BCUT2D eigenvalue weighted by Gasteiger charge is -2.17. The number of Topliss-reactive ketones (excluding diaryl/α,β-unsaturated/α-hetero) is 1. The monoisotopic (exact) mass is 653 g/mol. The molecule has 0 spiro atoms. The van der Waals surface area contributed by atoms with E-state index in [1.807, 2.05) is 39.8 Å². The number of hydrogen-bond acceptors (Lipinski definition) is 10.